The monoisotopic (exact) mass is 485 g/mol. The van der Waals surface area contributed by atoms with Gasteiger partial charge in [-0.1, -0.05) is 40.2 Å². The van der Waals surface area contributed by atoms with E-state index in [0.717, 1.165) is 0 Å². The van der Waals surface area contributed by atoms with Crippen LogP contribution in [0.4, 0.5) is 5.69 Å². The van der Waals surface area contributed by atoms with Crippen molar-refractivity contribution in [1.82, 2.24) is 0 Å². The molecule has 0 bridgehead atoms. The van der Waals surface area contributed by atoms with Gasteiger partial charge >= 0.3 is 11.9 Å². The molecule has 0 aliphatic rings. The van der Waals surface area contributed by atoms with Crippen LogP contribution >= 0.6 is 15.9 Å². The van der Waals surface area contributed by atoms with Gasteiger partial charge in [0.05, 0.1) is 23.4 Å². The summed E-state index contributed by atoms with van der Waals surface area (Å²) in [6, 6.07) is 15.2. The van der Waals surface area contributed by atoms with Crippen LogP contribution in [0.3, 0.4) is 0 Å². The van der Waals surface area contributed by atoms with E-state index in [2.05, 4.69) is 15.9 Å². The maximum atomic E-state index is 12.7. The molecule has 0 saturated carbocycles. The predicted molar refractivity (Wildman–Crippen MR) is 124 cm³/mol. The van der Waals surface area contributed by atoms with E-state index < -0.39 is 17.5 Å². The van der Waals surface area contributed by atoms with Crippen molar-refractivity contribution in [1.29, 1.82) is 0 Å². The van der Waals surface area contributed by atoms with Crippen molar-refractivity contribution in [3.63, 3.8) is 0 Å². The number of carbonyl (C=O) groups excluding carboxylic acids is 2. The summed E-state index contributed by atoms with van der Waals surface area (Å²) in [4.78, 5) is 25.4. The highest BCUT2D eigenvalue weighted by Crippen LogP contribution is 2.36. The second-order valence-electron chi connectivity index (χ2n) is 7.84. The van der Waals surface area contributed by atoms with E-state index >= 15 is 0 Å². The van der Waals surface area contributed by atoms with E-state index in [9.17, 15) is 9.59 Å². The molecule has 3 aromatic carbocycles. The average molecular weight is 486 g/mol. The third kappa shape index (κ3) is 5.55. The number of hydrogen-bond donors (Lipinski definition) is 1. The predicted octanol–water partition coefficient (Wildman–Crippen LogP) is 5.37. The molecule has 0 atom stereocenters. The third-order valence-electron chi connectivity index (χ3n) is 4.27. The number of benzene rings is 3. The topological polar surface area (TPSA) is 87.9 Å². The number of hydrogen-bond acceptors (Lipinski definition) is 6. The number of esters is 2. The lowest BCUT2D eigenvalue weighted by Gasteiger charge is -2.21. The quantitative estimate of drug-likeness (QED) is 0.218. The van der Waals surface area contributed by atoms with E-state index in [-0.39, 0.29) is 11.4 Å². The summed E-state index contributed by atoms with van der Waals surface area (Å²) in [5, 5.41) is 1.85. The van der Waals surface area contributed by atoms with Crippen LogP contribution in [0.25, 0.3) is 10.8 Å². The normalized spacial score (nSPS) is 11.2. The van der Waals surface area contributed by atoms with Crippen molar-refractivity contribution in [2.45, 2.75) is 26.4 Å². The highest BCUT2D eigenvalue weighted by atomic mass is 79.9. The van der Waals surface area contributed by atoms with E-state index in [0.29, 0.717) is 39.6 Å². The van der Waals surface area contributed by atoms with Crippen LogP contribution in [0.5, 0.6) is 11.5 Å². The minimum Gasteiger partial charge on any atom is -0.493 e. The molecule has 3 rings (SSSR count). The van der Waals surface area contributed by atoms with Crippen molar-refractivity contribution in [3.8, 4) is 11.5 Å². The van der Waals surface area contributed by atoms with Gasteiger partial charge in [-0.2, -0.15) is 0 Å². The largest absolute Gasteiger partial charge is 0.493 e. The number of ether oxygens (including phenoxy) is 3. The smallest absolute Gasteiger partial charge is 0.343 e. The third-order valence-corrected chi connectivity index (χ3v) is 4.60. The van der Waals surface area contributed by atoms with Crippen molar-refractivity contribution >= 4 is 44.3 Å². The molecule has 0 aromatic heterocycles. The summed E-state index contributed by atoms with van der Waals surface area (Å²) in [5.74, 6) is -0.198. The van der Waals surface area contributed by atoms with Gasteiger partial charge in [0.2, 0.25) is 0 Å². The Hall–Kier alpha value is -3.06. The van der Waals surface area contributed by atoms with Gasteiger partial charge in [0.15, 0.2) is 5.75 Å². The summed E-state index contributed by atoms with van der Waals surface area (Å²) >= 11 is 3.30. The first-order valence-corrected chi connectivity index (χ1v) is 10.9. The van der Waals surface area contributed by atoms with Crippen LogP contribution in [0.2, 0.25) is 0 Å². The van der Waals surface area contributed by atoms with Gasteiger partial charge < -0.3 is 19.9 Å². The first kappa shape index (κ1) is 22.6. The van der Waals surface area contributed by atoms with E-state index in [1.165, 1.54) is 6.07 Å². The van der Waals surface area contributed by atoms with Gasteiger partial charge in [0.25, 0.3) is 0 Å². The molecule has 0 radical (unpaired) electrons. The Morgan fingerprint density at radius 2 is 1.61 bits per heavy atom. The Morgan fingerprint density at radius 1 is 0.968 bits per heavy atom. The Balaban J connectivity index is 1.92. The molecular formula is C24H24BrNO5. The summed E-state index contributed by atoms with van der Waals surface area (Å²) in [6.45, 7) is 5.91. The second kappa shape index (κ2) is 9.39. The molecule has 0 aliphatic carbocycles. The summed E-state index contributed by atoms with van der Waals surface area (Å²) in [5.41, 5.74) is 6.37. The SMILES string of the molecule is CC(C)(C)OC(=O)c1cc(N)c(OC(=O)c2ccc(OCCBr)cc2)c2ccccc12. The summed E-state index contributed by atoms with van der Waals surface area (Å²) < 4.78 is 16.6. The van der Waals surface area contributed by atoms with Gasteiger partial charge in [-0.3, -0.25) is 0 Å². The van der Waals surface area contributed by atoms with Crippen molar-refractivity contribution in [2.75, 3.05) is 17.7 Å². The van der Waals surface area contributed by atoms with Crippen molar-refractivity contribution < 1.29 is 23.8 Å². The highest BCUT2D eigenvalue weighted by molar-refractivity contribution is 9.09. The molecular weight excluding hydrogens is 462 g/mol. The van der Waals surface area contributed by atoms with Crippen LogP contribution in [0, 0.1) is 0 Å². The molecule has 0 aliphatic heterocycles. The van der Waals surface area contributed by atoms with E-state index in [4.69, 9.17) is 19.9 Å². The molecule has 7 heteroatoms. The van der Waals surface area contributed by atoms with Crippen LogP contribution in [0.1, 0.15) is 41.5 Å². The van der Waals surface area contributed by atoms with Gasteiger partial charge in [0, 0.05) is 16.1 Å². The number of alkyl halides is 1. The molecule has 0 amide bonds. The maximum absolute atomic E-state index is 12.7. The van der Waals surface area contributed by atoms with E-state index in [1.807, 2.05) is 0 Å². The Bertz CT molecular complexity index is 1100. The zero-order valence-electron chi connectivity index (χ0n) is 17.6. The zero-order valence-corrected chi connectivity index (χ0v) is 19.2. The number of nitrogens with two attached hydrogens (primary N) is 1. The molecule has 3 aromatic rings. The fraction of sp³-hybridized carbons (Fsp3) is 0.250. The standard InChI is InChI=1S/C24H24BrNO5/c1-24(2,3)31-23(28)19-14-20(26)21(18-7-5-4-6-17(18)19)30-22(27)15-8-10-16(11-9-15)29-13-12-25/h4-11,14H,12-13,26H2,1-3H3. The summed E-state index contributed by atoms with van der Waals surface area (Å²) in [6.07, 6.45) is 0. The fourth-order valence-electron chi connectivity index (χ4n) is 2.98. The van der Waals surface area contributed by atoms with Gasteiger partial charge in [-0.15, -0.1) is 0 Å². The Morgan fingerprint density at radius 3 is 2.23 bits per heavy atom. The molecule has 0 saturated heterocycles. The number of rotatable bonds is 6. The van der Waals surface area contributed by atoms with Crippen molar-refractivity contribution in [2.24, 2.45) is 0 Å². The number of fused-ring (bicyclic) bond motifs is 1. The first-order valence-electron chi connectivity index (χ1n) is 9.75. The first-order chi connectivity index (χ1) is 14.7. The summed E-state index contributed by atoms with van der Waals surface area (Å²) in [7, 11) is 0. The Labute approximate surface area is 189 Å². The number of nitrogen functional groups attached to an aromatic ring is 1. The molecule has 31 heavy (non-hydrogen) atoms. The molecule has 2 N–H and O–H groups in total. The minimum atomic E-state index is -0.650. The highest BCUT2D eigenvalue weighted by Gasteiger charge is 2.23. The molecule has 0 unspecified atom stereocenters. The number of carbonyl (C=O) groups is 2. The second-order valence-corrected chi connectivity index (χ2v) is 8.63. The molecule has 162 valence electrons. The van der Waals surface area contributed by atoms with Gasteiger partial charge in [0.1, 0.15) is 11.4 Å². The minimum absolute atomic E-state index is 0.171. The van der Waals surface area contributed by atoms with Crippen LogP contribution in [-0.4, -0.2) is 29.5 Å². The Kier molecular flexibility index (Phi) is 6.85. The lowest BCUT2D eigenvalue weighted by Crippen LogP contribution is -2.24. The van der Waals surface area contributed by atoms with E-state index in [1.54, 1.807) is 69.3 Å². The van der Waals surface area contributed by atoms with Crippen LogP contribution < -0.4 is 15.2 Å². The van der Waals surface area contributed by atoms with Crippen LogP contribution in [-0.2, 0) is 4.74 Å². The molecule has 6 nitrogen and oxygen atoms in total. The zero-order chi connectivity index (χ0) is 22.6. The van der Waals surface area contributed by atoms with Gasteiger partial charge in [-0.25, -0.2) is 9.59 Å². The van der Waals surface area contributed by atoms with Crippen LogP contribution in [0.15, 0.2) is 54.6 Å². The fourth-order valence-corrected chi connectivity index (χ4v) is 3.14. The maximum Gasteiger partial charge on any atom is 0.343 e. The lowest BCUT2D eigenvalue weighted by atomic mass is 10.0. The average Bonchev–Trinajstić information content (AvgIpc) is 2.73. The molecule has 0 heterocycles. The molecule has 0 spiro atoms. The number of anilines is 1. The van der Waals surface area contributed by atoms with Crippen molar-refractivity contribution in [3.05, 3.63) is 65.7 Å². The number of halogens is 1. The molecule has 0 fully saturated rings. The lowest BCUT2D eigenvalue weighted by molar-refractivity contribution is 0.00718. The van der Waals surface area contributed by atoms with Gasteiger partial charge in [-0.05, 0) is 51.1 Å².